The van der Waals surface area contributed by atoms with Crippen molar-refractivity contribution in [3.05, 3.63) is 26.9 Å². The monoisotopic (exact) mass is 327 g/mol. The van der Waals surface area contributed by atoms with Crippen molar-refractivity contribution in [1.82, 2.24) is 5.32 Å². The molecule has 1 aromatic rings. The van der Waals surface area contributed by atoms with Crippen LogP contribution in [0.25, 0.3) is 6.08 Å². The van der Waals surface area contributed by atoms with Crippen molar-refractivity contribution < 1.29 is 14.7 Å². The van der Waals surface area contributed by atoms with Gasteiger partial charge in [-0.05, 0) is 34.1 Å². The summed E-state index contributed by atoms with van der Waals surface area (Å²) in [6, 6.07) is 2.65. The number of carboxylic acid groups (broad SMARTS) is 1. The van der Waals surface area contributed by atoms with Gasteiger partial charge in [-0.15, -0.1) is 23.7 Å². The quantitative estimate of drug-likeness (QED) is 0.643. The van der Waals surface area contributed by atoms with Gasteiger partial charge in [-0.25, -0.2) is 4.79 Å². The number of halogens is 1. The predicted octanol–water partition coefficient (Wildman–Crippen LogP) is 2.12. The zero-order valence-corrected chi connectivity index (χ0v) is 11.6. The van der Waals surface area contributed by atoms with E-state index in [0.29, 0.717) is 0 Å². The SMILES string of the molecule is C#CCC(NC(=O)/C=C/c1ccc(Br)s1)C(=O)O. The van der Waals surface area contributed by atoms with E-state index in [1.54, 1.807) is 6.08 Å². The zero-order chi connectivity index (χ0) is 13.5. The highest BCUT2D eigenvalue weighted by atomic mass is 79.9. The van der Waals surface area contributed by atoms with Crippen LogP contribution in [-0.2, 0) is 9.59 Å². The molecule has 0 bridgehead atoms. The Bertz CT molecular complexity index is 516. The summed E-state index contributed by atoms with van der Waals surface area (Å²) in [5.74, 6) is 0.579. The van der Waals surface area contributed by atoms with E-state index in [1.807, 2.05) is 12.1 Å². The topological polar surface area (TPSA) is 66.4 Å². The number of rotatable bonds is 5. The Balaban J connectivity index is 2.58. The maximum absolute atomic E-state index is 11.5. The van der Waals surface area contributed by atoms with Crippen molar-refractivity contribution in [2.24, 2.45) is 0 Å². The number of carbonyl (C=O) groups is 2. The van der Waals surface area contributed by atoms with E-state index < -0.39 is 17.9 Å². The molecule has 0 fully saturated rings. The summed E-state index contributed by atoms with van der Waals surface area (Å²) in [6.45, 7) is 0. The van der Waals surface area contributed by atoms with Gasteiger partial charge in [-0.1, -0.05) is 0 Å². The van der Waals surface area contributed by atoms with Crippen LogP contribution in [-0.4, -0.2) is 23.0 Å². The Kier molecular flexibility index (Phi) is 5.62. The van der Waals surface area contributed by atoms with Crippen molar-refractivity contribution in [2.75, 3.05) is 0 Å². The fraction of sp³-hybridized carbons (Fsp3) is 0.167. The second-order valence-corrected chi connectivity index (χ2v) is 5.78. The van der Waals surface area contributed by atoms with Gasteiger partial charge in [-0.2, -0.15) is 0 Å². The maximum atomic E-state index is 11.5. The van der Waals surface area contributed by atoms with E-state index in [1.165, 1.54) is 17.4 Å². The first kappa shape index (κ1) is 14.5. The van der Waals surface area contributed by atoms with Gasteiger partial charge in [0.25, 0.3) is 0 Å². The lowest BCUT2D eigenvalue weighted by Gasteiger charge is -2.09. The fourth-order valence-electron chi connectivity index (χ4n) is 1.11. The van der Waals surface area contributed by atoms with Crippen LogP contribution in [0.5, 0.6) is 0 Å². The summed E-state index contributed by atoms with van der Waals surface area (Å²) in [6.07, 6.45) is 7.88. The van der Waals surface area contributed by atoms with Crippen LogP contribution in [0.15, 0.2) is 22.0 Å². The summed E-state index contributed by atoms with van der Waals surface area (Å²) >= 11 is 4.77. The van der Waals surface area contributed by atoms with Gasteiger partial charge in [0.1, 0.15) is 6.04 Å². The molecule has 1 heterocycles. The van der Waals surface area contributed by atoms with Crippen LogP contribution in [0.1, 0.15) is 11.3 Å². The van der Waals surface area contributed by atoms with Crippen LogP contribution < -0.4 is 5.32 Å². The molecule has 4 nitrogen and oxygen atoms in total. The first-order chi connectivity index (χ1) is 8.52. The molecule has 1 rings (SSSR count). The standard InChI is InChI=1S/C12H10BrNO3S/c1-2-3-9(12(16)17)14-11(15)7-5-8-4-6-10(13)18-8/h1,4-7,9H,3H2,(H,14,15)(H,16,17)/b7-5+. The van der Waals surface area contributed by atoms with E-state index >= 15 is 0 Å². The molecule has 6 heteroatoms. The number of thiophene rings is 1. The average Bonchev–Trinajstić information content (AvgIpc) is 2.72. The van der Waals surface area contributed by atoms with Crippen LogP contribution in [0.4, 0.5) is 0 Å². The molecule has 94 valence electrons. The van der Waals surface area contributed by atoms with Crippen molar-refractivity contribution >= 4 is 45.2 Å². The number of hydrogen-bond acceptors (Lipinski definition) is 3. The second kappa shape index (κ2) is 6.99. The van der Waals surface area contributed by atoms with Crippen molar-refractivity contribution in [3.8, 4) is 12.3 Å². The smallest absolute Gasteiger partial charge is 0.327 e. The number of nitrogens with one attached hydrogen (secondary N) is 1. The van der Waals surface area contributed by atoms with Crippen molar-refractivity contribution in [2.45, 2.75) is 12.5 Å². The number of carbonyl (C=O) groups excluding carboxylic acids is 1. The van der Waals surface area contributed by atoms with Gasteiger partial charge in [0.2, 0.25) is 5.91 Å². The molecule has 0 aliphatic carbocycles. The number of amides is 1. The molecule has 18 heavy (non-hydrogen) atoms. The van der Waals surface area contributed by atoms with E-state index in [4.69, 9.17) is 11.5 Å². The van der Waals surface area contributed by atoms with Crippen molar-refractivity contribution in [3.63, 3.8) is 0 Å². The highest BCUT2D eigenvalue weighted by molar-refractivity contribution is 9.11. The summed E-state index contributed by atoms with van der Waals surface area (Å²) in [5.41, 5.74) is 0. The Morgan fingerprint density at radius 2 is 2.33 bits per heavy atom. The molecular weight excluding hydrogens is 318 g/mol. The Hall–Kier alpha value is -1.58. The molecule has 2 N–H and O–H groups in total. The summed E-state index contributed by atoms with van der Waals surface area (Å²) in [7, 11) is 0. The second-order valence-electron chi connectivity index (χ2n) is 3.28. The number of hydrogen-bond donors (Lipinski definition) is 2. The molecule has 1 unspecified atom stereocenters. The minimum atomic E-state index is -1.14. The maximum Gasteiger partial charge on any atom is 0.327 e. The normalized spacial score (nSPS) is 12.0. The highest BCUT2D eigenvalue weighted by Crippen LogP contribution is 2.22. The van der Waals surface area contributed by atoms with Crippen LogP contribution in [0.2, 0.25) is 0 Å². The van der Waals surface area contributed by atoms with Gasteiger partial charge < -0.3 is 10.4 Å². The lowest BCUT2D eigenvalue weighted by molar-refractivity contribution is -0.141. The summed E-state index contributed by atoms with van der Waals surface area (Å²) in [4.78, 5) is 23.1. The minimum absolute atomic E-state index is 0.0422. The molecule has 0 saturated heterocycles. The molecule has 0 spiro atoms. The Labute approximate surface area is 117 Å². The third-order valence-electron chi connectivity index (χ3n) is 1.93. The summed E-state index contributed by atoms with van der Waals surface area (Å²) < 4.78 is 0.957. The first-order valence-electron chi connectivity index (χ1n) is 4.93. The third kappa shape index (κ3) is 4.73. The predicted molar refractivity (Wildman–Crippen MR) is 74.1 cm³/mol. The fourth-order valence-corrected chi connectivity index (χ4v) is 2.44. The average molecular weight is 328 g/mol. The molecule has 1 amide bonds. The minimum Gasteiger partial charge on any atom is -0.480 e. The zero-order valence-electron chi connectivity index (χ0n) is 9.22. The number of aliphatic carboxylic acids is 1. The molecule has 0 aliphatic heterocycles. The van der Waals surface area contributed by atoms with E-state index in [-0.39, 0.29) is 6.42 Å². The molecule has 0 aliphatic rings. The molecular formula is C12H10BrNO3S. The lowest BCUT2D eigenvalue weighted by Crippen LogP contribution is -2.39. The number of carboxylic acids is 1. The number of terminal acetylenes is 1. The lowest BCUT2D eigenvalue weighted by atomic mass is 10.2. The molecule has 0 radical (unpaired) electrons. The van der Waals surface area contributed by atoms with Gasteiger partial charge >= 0.3 is 5.97 Å². The van der Waals surface area contributed by atoms with Gasteiger partial charge in [-0.3, -0.25) is 4.79 Å². The van der Waals surface area contributed by atoms with Gasteiger partial charge in [0.15, 0.2) is 0 Å². The van der Waals surface area contributed by atoms with E-state index in [9.17, 15) is 9.59 Å². The van der Waals surface area contributed by atoms with E-state index in [2.05, 4.69) is 27.2 Å². The third-order valence-corrected chi connectivity index (χ3v) is 3.52. The van der Waals surface area contributed by atoms with Gasteiger partial charge in [0, 0.05) is 17.4 Å². The van der Waals surface area contributed by atoms with Crippen LogP contribution in [0.3, 0.4) is 0 Å². The summed E-state index contributed by atoms with van der Waals surface area (Å²) in [5, 5.41) is 11.1. The van der Waals surface area contributed by atoms with Crippen molar-refractivity contribution in [1.29, 1.82) is 0 Å². The molecule has 1 atom stereocenters. The largest absolute Gasteiger partial charge is 0.480 e. The van der Waals surface area contributed by atoms with E-state index in [0.717, 1.165) is 8.66 Å². The van der Waals surface area contributed by atoms with Crippen LogP contribution in [0, 0.1) is 12.3 Å². The Morgan fingerprint density at radius 3 is 2.83 bits per heavy atom. The molecule has 0 saturated carbocycles. The highest BCUT2D eigenvalue weighted by Gasteiger charge is 2.17. The molecule has 1 aromatic heterocycles. The van der Waals surface area contributed by atoms with Gasteiger partial charge in [0.05, 0.1) is 3.79 Å². The Morgan fingerprint density at radius 1 is 1.61 bits per heavy atom. The molecule has 0 aromatic carbocycles. The van der Waals surface area contributed by atoms with Crippen LogP contribution >= 0.6 is 27.3 Å². The first-order valence-corrected chi connectivity index (χ1v) is 6.54.